The number of aromatic nitrogens is 3. The van der Waals surface area contributed by atoms with Gasteiger partial charge in [0.05, 0.1) is 16.0 Å². The van der Waals surface area contributed by atoms with Gasteiger partial charge in [-0.2, -0.15) is 5.26 Å². The van der Waals surface area contributed by atoms with Gasteiger partial charge in [-0.3, -0.25) is 19.7 Å². The van der Waals surface area contributed by atoms with Crippen LogP contribution in [0, 0.1) is 28.4 Å². The minimum Gasteiger partial charge on any atom is -0.291 e. The van der Waals surface area contributed by atoms with E-state index in [4.69, 9.17) is 5.26 Å². The molecule has 0 fully saturated rings. The first kappa shape index (κ1) is 12.7. The van der Waals surface area contributed by atoms with Gasteiger partial charge in [0.25, 0.3) is 5.69 Å². The number of benzene rings is 1. The normalized spacial score (nSPS) is 10.5. The number of nitrogens with zero attached hydrogens (tertiary/aromatic N) is 5. The Kier molecular flexibility index (Phi) is 2.84. The number of aryl methyl sites for hydroxylation is 1. The fourth-order valence-electron chi connectivity index (χ4n) is 2.26. The van der Waals surface area contributed by atoms with Gasteiger partial charge >= 0.3 is 0 Å². The summed E-state index contributed by atoms with van der Waals surface area (Å²) in [6.07, 6.45) is 4.64. The average molecular weight is 279 g/mol. The molecule has 0 saturated carbocycles. The third-order valence-corrected chi connectivity index (χ3v) is 3.19. The number of fused-ring (bicyclic) bond motifs is 1. The smallest absolute Gasteiger partial charge is 0.278 e. The number of pyridine rings is 1. The van der Waals surface area contributed by atoms with E-state index in [9.17, 15) is 10.1 Å². The molecule has 2 heterocycles. The van der Waals surface area contributed by atoms with E-state index in [-0.39, 0.29) is 11.5 Å². The number of rotatable bonds is 2. The molecular formula is C14H9N5O2. The second kappa shape index (κ2) is 4.68. The molecule has 0 atom stereocenters. The minimum absolute atomic E-state index is 0.0140. The van der Waals surface area contributed by atoms with Crippen molar-refractivity contribution in [2.75, 3.05) is 0 Å². The summed E-state index contributed by atoms with van der Waals surface area (Å²) in [5, 5.41) is 21.3. The molecule has 1 aromatic carbocycles. The molecule has 0 aliphatic heterocycles. The maximum atomic E-state index is 11.1. The summed E-state index contributed by atoms with van der Waals surface area (Å²) in [6.45, 7) is 1.81. The van der Waals surface area contributed by atoms with Crippen molar-refractivity contribution in [1.82, 2.24) is 14.5 Å². The first-order valence-corrected chi connectivity index (χ1v) is 6.09. The maximum Gasteiger partial charge on any atom is 0.278 e. The molecular weight excluding hydrogens is 270 g/mol. The molecule has 3 rings (SSSR count). The Morgan fingerprint density at radius 3 is 2.86 bits per heavy atom. The van der Waals surface area contributed by atoms with Crippen molar-refractivity contribution in [1.29, 1.82) is 5.26 Å². The van der Waals surface area contributed by atoms with E-state index in [1.54, 1.807) is 29.8 Å². The lowest BCUT2D eigenvalue weighted by molar-refractivity contribution is -0.383. The number of nitriles is 1. The van der Waals surface area contributed by atoms with Gasteiger partial charge in [0.15, 0.2) is 0 Å². The molecule has 0 spiro atoms. The standard InChI is InChI=1S/C14H9N5O2/c1-9-6-10-11(8-17-9)13(19(20)21)3-2-12(10)18-5-4-16-14(18)7-15/h2-6,8H,1H3. The number of nitro groups is 1. The third-order valence-electron chi connectivity index (χ3n) is 3.19. The zero-order chi connectivity index (χ0) is 15.0. The number of nitro benzene ring substituents is 1. The molecule has 0 radical (unpaired) electrons. The zero-order valence-corrected chi connectivity index (χ0v) is 11.0. The maximum absolute atomic E-state index is 11.1. The summed E-state index contributed by atoms with van der Waals surface area (Å²) < 4.78 is 1.60. The van der Waals surface area contributed by atoms with Crippen LogP contribution in [0.25, 0.3) is 16.5 Å². The van der Waals surface area contributed by atoms with Crippen LogP contribution >= 0.6 is 0 Å². The van der Waals surface area contributed by atoms with Crippen LogP contribution in [0.1, 0.15) is 11.5 Å². The van der Waals surface area contributed by atoms with Crippen molar-refractivity contribution >= 4 is 16.5 Å². The van der Waals surface area contributed by atoms with Gasteiger partial charge in [-0.25, -0.2) is 4.98 Å². The van der Waals surface area contributed by atoms with Gasteiger partial charge in [-0.1, -0.05) is 0 Å². The van der Waals surface area contributed by atoms with E-state index < -0.39 is 4.92 Å². The van der Waals surface area contributed by atoms with Crippen LogP contribution in [0.5, 0.6) is 0 Å². The largest absolute Gasteiger partial charge is 0.291 e. The zero-order valence-electron chi connectivity index (χ0n) is 11.0. The highest BCUT2D eigenvalue weighted by Crippen LogP contribution is 2.30. The molecule has 0 saturated heterocycles. The first-order valence-electron chi connectivity index (χ1n) is 6.09. The van der Waals surface area contributed by atoms with Gasteiger partial charge in [0.1, 0.15) is 6.07 Å². The van der Waals surface area contributed by atoms with Crippen molar-refractivity contribution in [2.45, 2.75) is 6.92 Å². The fourth-order valence-corrected chi connectivity index (χ4v) is 2.26. The summed E-state index contributed by atoms with van der Waals surface area (Å²) in [4.78, 5) is 18.8. The van der Waals surface area contributed by atoms with E-state index in [1.165, 1.54) is 18.5 Å². The van der Waals surface area contributed by atoms with Crippen molar-refractivity contribution in [3.63, 3.8) is 0 Å². The van der Waals surface area contributed by atoms with E-state index in [0.29, 0.717) is 16.5 Å². The van der Waals surface area contributed by atoms with Crippen LogP contribution in [-0.2, 0) is 0 Å². The predicted octanol–water partition coefficient (Wildman–Crippen LogP) is 2.51. The Morgan fingerprint density at radius 2 is 2.14 bits per heavy atom. The Balaban J connectivity index is 2.40. The molecule has 0 N–H and O–H groups in total. The SMILES string of the molecule is Cc1cc2c(-n3ccnc3C#N)ccc([N+](=O)[O-])c2cn1. The van der Waals surface area contributed by atoms with Crippen molar-refractivity contribution in [2.24, 2.45) is 0 Å². The molecule has 21 heavy (non-hydrogen) atoms. The average Bonchev–Trinajstić information content (AvgIpc) is 2.93. The lowest BCUT2D eigenvalue weighted by Crippen LogP contribution is -2.00. The number of hydrogen-bond acceptors (Lipinski definition) is 5. The monoisotopic (exact) mass is 279 g/mol. The molecule has 0 amide bonds. The van der Waals surface area contributed by atoms with E-state index >= 15 is 0 Å². The van der Waals surface area contributed by atoms with Crippen molar-refractivity contribution in [3.8, 4) is 11.8 Å². The summed E-state index contributed by atoms with van der Waals surface area (Å²) in [7, 11) is 0. The topological polar surface area (TPSA) is 97.6 Å². The van der Waals surface area contributed by atoms with Crippen molar-refractivity contribution < 1.29 is 4.92 Å². The van der Waals surface area contributed by atoms with Gasteiger partial charge in [-0.05, 0) is 19.1 Å². The highest BCUT2D eigenvalue weighted by Gasteiger charge is 2.17. The second-order valence-electron chi connectivity index (χ2n) is 4.46. The minimum atomic E-state index is -0.442. The van der Waals surface area contributed by atoms with Crippen molar-refractivity contribution in [3.05, 3.63) is 58.4 Å². The molecule has 2 aromatic heterocycles. The van der Waals surface area contributed by atoms with Crippen LogP contribution in [0.3, 0.4) is 0 Å². The number of non-ortho nitro benzene ring substituents is 1. The summed E-state index contributed by atoms with van der Waals surface area (Å²) in [6, 6.07) is 6.78. The highest BCUT2D eigenvalue weighted by atomic mass is 16.6. The Hall–Kier alpha value is -3.27. The summed E-state index contributed by atoms with van der Waals surface area (Å²) in [5.41, 5.74) is 1.39. The first-order chi connectivity index (χ1) is 10.1. The lowest BCUT2D eigenvalue weighted by Gasteiger charge is -2.09. The quantitative estimate of drug-likeness (QED) is 0.530. The Bertz CT molecular complexity index is 907. The van der Waals surface area contributed by atoms with Crippen LogP contribution in [-0.4, -0.2) is 19.5 Å². The molecule has 0 aliphatic rings. The number of hydrogen-bond donors (Lipinski definition) is 0. The molecule has 7 heteroatoms. The van der Waals surface area contributed by atoms with Crippen LogP contribution in [0.4, 0.5) is 5.69 Å². The predicted molar refractivity (Wildman–Crippen MR) is 75.0 cm³/mol. The van der Waals surface area contributed by atoms with Gasteiger partial charge in [0, 0.05) is 35.7 Å². The summed E-state index contributed by atoms with van der Waals surface area (Å²) >= 11 is 0. The summed E-state index contributed by atoms with van der Waals surface area (Å²) in [5.74, 6) is 0.222. The molecule has 0 bridgehead atoms. The van der Waals surface area contributed by atoms with E-state index in [2.05, 4.69) is 9.97 Å². The third kappa shape index (κ3) is 1.99. The van der Waals surface area contributed by atoms with Gasteiger partial charge in [0.2, 0.25) is 5.82 Å². The van der Waals surface area contributed by atoms with Crippen LogP contribution in [0.15, 0.2) is 36.8 Å². The molecule has 0 unspecified atom stereocenters. The lowest BCUT2D eigenvalue weighted by atomic mass is 10.1. The molecule has 102 valence electrons. The van der Waals surface area contributed by atoms with Crippen LogP contribution in [0.2, 0.25) is 0 Å². The second-order valence-corrected chi connectivity index (χ2v) is 4.46. The highest BCUT2D eigenvalue weighted by molar-refractivity contribution is 5.96. The van der Waals surface area contributed by atoms with E-state index in [0.717, 1.165) is 5.69 Å². The van der Waals surface area contributed by atoms with Gasteiger partial charge in [-0.15, -0.1) is 0 Å². The molecule has 3 aromatic rings. The van der Waals surface area contributed by atoms with Crippen LogP contribution < -0.4 is 0 Å². The molecule has 7 nitrogen and oxygen atoms in total. The fraction of sp³-hybridized carbons (Fsp3) is 0.0714. The van der Waals surface area contributed by atoms with Gasteiger partial charge < -0.3 is 0 Å². The Morgan fingerprint density at radius 1 is 1.33 bits per heavy atom. The molecule has 0 aliphatic carbocycles. The van der Waals surface area contributed by atoms with E-state index in [1.807, 2.05) is 6.07 Å². The number of imidazole rings is 1. The Labute approximate surface area is 119 Å².